The lowest BCUT2D eigenvalue weighted by molar-refractivity contribution is 0.415. The second kappa shape index (κ2) is 6.66. The van der Waals surface area contributed by atoms with E-state index in [-0.39, 0.29) is 0 Å². The average molecular weight is 294 g/mol. The minimum Gasteiger partial charge on any atom is -0.495 e. The van der Waals surface area contributed by atoms with Gasteiger partial charge in [-0.1, -0.05) is 18.5 Å². The molecule has 0 spiro atoms. The summed E-state index contributed by atoms with van der Waals surface area (Å²) in [6, 6.07) is 7.81. The number of hydrogen-bond donors (Lipinski definition) is 1. The van der Waals surface area contributed by atoms with Gasteiger partial charge in [-0.05, 0) is 31.5 Å². The first-order valence-electron chi connectivity index (χ1n) is 6.81. The SMILES string of the molecule is CCc1cc(CNc2ccc(Cl)c(OC)c2)n(CC)n1. The molecule has 5 heteroatoms. The van der Waals surface area contributed by atoms with Crippen molar-refractivity contribution in [1.82, 2.24) is 9.78 Å². The molecule has 0 unspecified atom stereocenters. The van der Waals surface area contributed by atoms with Crippen LogP contribution >= 0.6 is 11.6 Å². The highest BCUT2D eigenvalue weighted by atomic mass is 35.5. The quantitative estimate of drug-likeness (QED) is 0.882. The van der Waals surface area contributed by atoms with Gasteiger partial charge >= 0.3 is 0 Å². The number of nitrogens with zero attached hydrogens (tertiary/aromatic N) is 2. The summed E-state index contributed by atoms with van der Waals surface area (Å²) in [5.74, 6) is 0.676. The summed E-state index contributed by atoms with van der Waals surface area (Å²) in [6.45, 7) is 5.82. The third-order valence-corrected chi connectivity index (χ3v) is 3.51. The Morgan fingerprint density at radius 2 is 2.10 bits per heavy atom. The van der Waals surface area contributed by atoms with Crippen LogP contribution in [0, 0.1) is 0 Å². The molecule has 1 heterocycles. The number of benzene rings is 1. The summed E-state index contributed by atoms with van der Waals surface area (Å²) in [7, 11) is 1.62. The molecule has 0 aliphatic rings. The van der Waals surface area contributed by atoms with Gasteiger partial charge in [-0.25, -0.2) is 0 Å². The zero-order chi connectivity index (χ0) is 14.5. The summed E-state index contributed by atoms with van der Waals surface area (Å²) in [6.07, 6.45) is 0.953. The molecule has 0 fully saturated rings. The van der Waals surface area contributed by atoms with Crippen LogP contribution in [0.25, 0.3) is 0 Å². The van der Waals surface area contributed by atoms with Crippen molar-refractivity contribution in [2.75, 3.05) is 12.4 Å². The summed E-state index contributed by atoms with van der Waals surface area (Å²) >= 11 is 6.02. The lowest BCUT2D eigenvalue weighted by Gasteiger charge is -2.10. The normalized spacial score (nSPS) is 10.6. The Labute approximate surface area is 124 Å². The number of methoxy groups -OCH3 is 1. The van der Waals surface area contributed by atoms with Crippen LogP contribution in [-0.4, -0.2) is 16.9 Å². The third-order valence-electron chi connectivity index (χ3n) is 3.20. The molecule has 0 atom stereocenters. The van der Waals surface area contributed by atoms with Gasteiger partial charge in [0.05, 0.1) is 30.1 Å². The van der Waals surface area contributed by atoms with Crippen molar-refractivity contribution in [2.24, 2.45) is 0 Å². The molecule has 0 radical (unpaired) electrons. The van der Waals surface area contributed by atoms with Crippen molar-refractivity contribution in [3.05, 3.63) is 40.7 Å². The van der Waals surface area contributed by atoms with Gasteiger partial charge in [0.15, 0.2) is 0 Å². The van der Waals surface area contributed by atoms with Crippen molar-refractivity contribution in [1.29, 1.82) is 0 Å². The monoisotopic (exact) mass is 293 g/mol. The van der Waals surface area contributed by atoms with Crippen molar-refractivity contribution >= 4 is 17.3 Å². The zero-order valence-electron chi connectivity index (χ0n) is 12.1. The van der Waals surface area contributed by atoms with E-state index in [0.717, 1.165) is 30.9 Å². The Morgan fingerprint density at radius 1 is 1.30 bits per heavy atom. The van der Waals surface area contributed by atoms with E-state index in [1.807, 2.05) is 22.9 Å². The molecule has 2 rings (SSSR count). The highest BCUT2D eigenvalue weighted by Crippen LogP contribution is 2.27. The predicted octanol–water partition coefficient (Wildman–Crippen LogP) is 3.74. The predicted molar refractivity (Wildman–Crippen MR) is 82.6 cm³/mol. The maximum atomic E-state index is 6.02. The minimum absolute atomic E-state index is 0.616. The van der Waals surface area contributed by atoms with Gasteiger partial charge in [0, 0.05) is 18.3 Å². The van der Waals surface area contributed by atoms with Gasteiger partial charge in [0.1, 0.15) is 5.75 Å². The second-order valence-electron chi connectivity index (χ2n) is 4.50. The van der Waals surface area contributed by atoms with Gasteiger partial charge in [0.25, 0.3) is 0 Å². The topological polar surface area (TPSA) is 39.1 Å². The van der Waals surface area contributed by atoms with Crippen molar-refractivity contribution in [3.8, 4) is 5.75 Å². The number of halogens is 1. The molecule has 0 saturated heterocycles. The first kappa shape index (κ1) is 14.7. The van der Waals surface area contributed by atoms with Gasteiger partial charge in [0.2, 0.25) is 0 Å². The molecule has 20 heavy (non-hydrogen) atoms. The molecule has 0 aliphatic carbocycles. The van der Waals surface area contributed by atoms with Gasteiger partial charge in [-0.15, -0.1) is 0 Å². The van der Waals surface area contributed by atoms with Crippen LogP contribution < -0.4 is 10.1 Å². The Kier molecular flexibility index (Phi) is 4.90. The molecule has 1 aromatic heterocycles. The van der Waals surface area contributed by atoms with E-state index in [2.05, 4.69) is 30.3 Å². The van der Waals surface area contributed by atoms with Crippen LogP contribution in [0.3, 0.4) is 0 Å². The van der Waals surface area contributed by atoms with Crippen LogP contribution in [0.2, 0.25) is 5.02 Å². The second-order valence-corrected chi connectivity index (χ2v) is 4.91. The van der Waals surface area contributed by atoms with E-state index >= 15 is 0 Å². The van der Waals surface area contributed by atoms with Crippen molar-refractivity contribution < 1.29 is 4.74 Å². The number of aryl methyl sites for hydroxylation is 2. The Bertz CT molecular complexity index is 580. The molecule has 1 N–H and O–H groups in total. The first-order valence-corrected chi connectivity index (χ1v) is 7.18. The fourth-order valence-corrected chi connectivity index (χ4v) is 2.26. The minimum atomic E-state index is 0.616. The molecule has 0 bridgehead atoms. The van der Waals surface area contributed by atoms with Crippen LogP contribution in [0.4, 0.5) is 5.69 Å². The summed E-state index contributed by atoms with van der Waals surface area (Å²) in [5.41, 5.74) is 3.28. The lowest BCUT2D eigenvalue weighted by atomic mass is 10.2. The molecular weight excluding hydrogens is 274 g/mol. The Balaban J connectivity index is 2.10. The summed E-state index contributed by atoms with van der Waals surface area (Å²) < 4.78 is 7.24. The van der Waals surface area contributed by atoms with Crippen LogP contribution in [0.5, 0.6) is 5.75 Å². The highest BCUT2D eigenvalue weighted by molar-refractivity contribution is 6.32. The molecule has 4 nitrogen and oxygen atoms in total. The largest absolute Gasteiger partial charge is 0.495 e. The van der Waals surface area contributed by atoms with E-state index in [4.69, 9.17) is 16.3 Å². The van der Waals surface area contributed by atoms with E-state index in [9.17, 15) is 0 Å². The molecular formula is C15H20ClN3O. The van der Waals surface area contributed by atoms with Crippen molar-refractivity contribution in [3.63, 3.8) is 0 Å². The zero-order valence-corrected chi connectivity index (χ0v) is 12.9. The fourth-order valence-electron chi connectivity index (χ4n) is 2.07. The smallest absolute Gasteiger partial charge is 0.139 e. The van der Waals surface area contributed by atoms with Gasteiger partial charge in [-0.3, -0.25) is 4.68 Å². The summed E-state index contributed by atoms with van der Waals surface area (Å²) in [4.78, 5) is 0. The molecule has 2 aromatic rings. The van der Waals surface area contributed by atoms with Crippen LogP contribution in [0.1, 0.15) is 25.2 Å². The van der Waals surface area contributed by atoms with E-state index in [1.54, 1.807) is 7.11 Å². The van der Waals surface area contributed by atoms with Crippen LogP contribution in [-0.2, 0) is 19.5 Å². The third kappa shape index (κ3) is 3.25. The number of ether oxygens (including phenoxy) is 1. The Hall–Kier alpha value is -1.68. The molecule has 0 saturated carbocycles. The number of anilines is 1. The first-order chi connectivity index (χ1) is 9.67. The van der Waals surface area contributed by atoms with Crippen LogP contribution in [0.15, 0.2) is 24.3 Å². The summed E-state index contributed by atoms with van der Waals surface area (Å²) in [5, 5.41) is 8.53. The van der Waals surface area contributed by atoms with E-state index < -0.39 is 0 Å². The molecule has 1 aromatic carbocycles. The standard InChI is InChI=1S/C15H20ClN3O/c1-4-11-8-13(19(5-2)18-11)10-17-12-6-7-14(16)15(9-12)20-3/h6-9,17H,4-5,10H2,1-3H3. The van der Waals surface area contributed by atoms with Gasteiger partial charge < -0.3 is 10.1 Å². The maximum absolute atomic E-state index is 6.02. The number of nitrogens with one attached hydrogen (secondary N) is 1. The lowest BCUT2D eigenvalue weighted by Crippen LogP contribution is -2.08. The van der Waals surface area contributed by atoms with E-state index in [1.165, 1.54) is 5.69 Å². The van der Waals surface area contributed by atoms with Gasteiger partial charge in [-0.2, -0.15) is 5.10 Å². The average Bonchev–Trinajstić information content (AvgIpc) is 2.88. The highest BCUT2D eigenvalue weighted by Gasteiger charge is 2.06. The molecule has 0 amide bonds. The molecule has 0 aliphatic heterocycles. The number of aromatic nitrogens is 2. The fraction of sp³-hybridized carbons (Fsp3) is 0.400. The van der Waals surface area contributed by atoms with E-state index in [0.29, 0.717) is 10.8 Å². The Morgan fingerprint density at radius 3 is 2.75 bits per heavy atom. The molecule has 108 valence electrons. The number of rotatable bonds is 6. The number of hydrogen-bond acceptors (Lipinski definition) is 3. The van der Waals surface area contributed by atoms with Crippen molar-refractivity contribution in [2.45, 2.75) is 33.4 Å². The maximum Gasteiger partial charge on any atom is 0.139 e.